The maximum absolute atomic E-state index is 2.69. The molecule has 0 aromatic rings. The highest BCUT2D eigenvalue weighted by Gasteiger charge is 2.24. The Kier molecular flexibility index (Phi) is 22.2. The third-order valence-corrected chi connectivity index (χ3v) is 7.82. The fraction of sp³-hybridized carbons (Fsp3) is 0.938. The van der Waals surface area contributed by atoms with Crippen LogP contribution >= 0.6 is 0 Å². The first-order valence-corrected chi connectivity index (χ1v) is 16.0. The molecule has 0 bridgehead atoms. The van der Waals surface area contributed by atoms with Crippen molar-refractivity contribution < 1.29 is 0 Å². The van der Waals surface area contributed by atoms with Crippen LogP contribution in [-0.2, 0) is 0 Å². The van der Waals surface area contributed by atoms with Crippen LogP contribution in [0.25, 0.3) is 0 Å². The van der Waals surface area contributed by atoms with Crippen LogP contribution in [0.1, 0.15) is 175 Å². The van der Waals surface area contributed by atoms with Crippen LogP contribution < -0.4 is 0 Å². The predicted octanol–water partition coefficient (Wildman–Crippen LogP) is 10.8. The smallest absolute Gasteiger partial charge is 0.101 e. The molecular formula is C32H64N2. The Balaban J connectivity index is 2.25. The van der Waals surface area contributed by atoms with Crippen LogP contribution in [0.5, 0.6) is 0 Å². The molecule has 0 aromatic carbocycles. The Labute approximate surface area is 216 Å². The van der Waals surface area contributed by atoms with Gasteiger partial charge in [-0.3, -0.25) is 0 Å². The quantitative estimate of drug-likeness (QED) is 0.114. The number of hydrogen-bond donors (Lipinski definition) is 0. The van der Waals surface area contributed by atoms with Crippen molar-refractivity contribution in [1.29, 1.82) is 0 Å². The Morgan fingerprint density at radius 2 is 0.676 bits per heavy atom. The van der Waals surface area contributed by atoms with Crippen molar-refractivity contribution in [2.45, 2.75) is 181 Å². The van der Waals surface area contributed by atoms with E-state index in [0.29, 0.717) is 6.17 Å². The molecule has 2 nitrogen and oxygen atoms in total. The number of unbranched alkanes of at least 4 members (excludes halogenated alkanes) is 20. The summed E-state index contributed by atoms with van der Waals surface area (Å²) in [5.41, 5.74) is 0. The molecule has 1 atom stereocenters. The van der Waals surface area contributed by atoms with Gasteiger partial charge in [0, 0.05) is 25.5 Å². The highest BCUT2D eigenvalue weighted by molar-refractivity contribution is 4.97. The van der Waals surface area contributed by atoms with E-state index < -0.39 is 0 Å². The molecule has 202 valence electrons. The van der Waals surface area contributed by atoms with E-state index in [2.05, 4.69) is 43.0 Å². The summed E-state index contributed by atoms with van der Waals surface area (Å²) >= 11 is 0. The third-order valence-electron chi connectivity index (χ3n) is 7.82. The van der Waals surface area contributed by atoms with Crippen LogP contribution in [0, 0.1) is 0 Å². The average molecular weight is 477 g/mol. The topological polar surface area (TPSA) is 6.48 Å². The van der Waals surface area contributed by atoms with Crippen molar-refractivity contribution in [3.05, 3.63) is 12.4 Å². The van der Waals surface area contributed by atoms with Crippen LogP contribution in [0.2, 0.25) is 0 Å². The number of hydrogen-bond acceptors (Lipinski definition) is 2. The Morgan fingerprint density at radius 3 is 1.03 bits per heavy atom. The third kappa shape index (κ3) is 16.9. The summed E-state index contributed by atoms with van der Waals surface area (Å²) in [5, 5.41) is 0. The van der Waals surface area contributed by atoms with Gasteiger partial charge in [0.15, 0.2) is 0 Å². The van der Waals surface area contributed by atoms with Crippen LogP contribution in [0.4, 0.5) is 0 Å². The van der Waals surface area contributed by atoms with Gasteiger partial charge in [-0.2, -0.15) is 0 Å². The first kappa shape index (κ1) is 31.4. The minimum Gasteiger partial charge on any atom is -0.356 e. The van der Waals surface area contributed by atoms with Crippen molar-refractivity contribution in [2.24, 2.45) is 0 Å². The summed E-state index contributed by atoms with van der Waals surface area (Å²) < 4.78 is 0. The molecule has 0 amide bonds. The van der Waals surface area contributed by atoms with Crippen LogP contribution in [-0.4, -0.2) is 29.1 Å². The minimum absolute atomic E-state index is 0.643. The van der Waals surface area contributed by atoms with Crippen molar-refractivity contribution in [3.63, 3.8) is 0 Å². The fourth-order valence-electron chi connectivity index (χ4n) is 5.48. The monoisotopic (exact) mass is 477 g/mol. The molecule has 0 aromatic heterocycles. The van der Waals surface area contributed by atoms with Gasteiger partial charge in [0.1, 0.15) is 6.17 Å². The molecule has 1 heterocycles. The SMILES string of the molecule is CCCCCCCCCCCN1C=CN(CCCCCCCCCC)C1CCCCCCCC. The average Bonchev–Trinajstić information content (AvgIpc) is 3.23. The summed E-state index contributed by atoms with van der Waals surface area (Å²) in [5.74, 6) is 0. The maximum Gasteiger partial charge on any atom is 0.101 e. The molecule has 0 radical (unpaired) electrons. The van der Waals surface area contributed by atoms with E-state index in [1.54, 1.807) is 0 Å². The Bertz CT molecular complexity index is 433. The Morgan fingerprint density at radius 1 is 0.382 bits per heavy atom. The van der Waals surface area contributed by atoms with E-state index in [1.165, 1.54) is 167 Å². The number of rotatable bonds is 26. The molecule has 34 heavy (non-hydrogen) atoms. The van der Waals surface area contributed by atoms with E-state index in [1.807, 2.05) is 0 Å². The van der Waals surface area contributed by atoms with Crippen molar-refractivity contribution in [3.8, 4) is 0 Å². The van der Waals surface area contributed by atoms with Gasteiger partial charge in [0.05, 0.1) is 0 Å². The standard InChI is InChI=1S/C32H64N2/c1-4-7-10-13-16-18-20-23-26-29-34-31-30-33(28-25-22-19-17-14-11-8-5-2)32(34)27-24-21-15-12-9-6-3/h30-32H,4-29H2,1-3H3. The van der Waals surface area contributed by atoms with Gasteiger partial charge in [-0.1, -0.05) is 149 Å². The molecule has 1 rings (SSSR count). The van der Waals surface area contributed by atoms with Crippen molar-refractivity contribution in [1.82, 2.24) is 9.80 Å². The van der Waals surface area contributed by atoms with E-state index in [4.69, 9.17) is 0 Å². The molecule has 2 heteroatoms. The second-order valence-corrected chi connectivity index (χ2v) is 11.1. The molecule has 0 saturated heterocycles. The van der Waals surface area contributed by atoms with Gasteiger partial charge < -0.3 is 9.80 Å². The first-order valence-electron chi connectivity index (χ1n) is 16.0. The summed E-state index contributed by atoms with van der Waals surface area (Å²) in [6.07, 6.45) is 39.5. The zero-order valence-corrected chi connectivity index (χ0v) is 24.0. The molecule has 0 saturated carbocycles. The number of nitrogens with zero attached hydrogens (tertiary/aromatic N) is 2. The largest absolute Gasteiger partial charge is 0.356 e. The van der Waals surface area contributed by atoms with Crippen LogP contribution in [0.15, 0.2) is 12.4 Å². The van der Waals surface area contributed by atoms with Crippen LogP contribution in [0.3, 0.4) is 0 Å². The summed E-state index contributed by atoms with van der Waals surface area (Å²) in [7, 11) is 0. The first-order chi connectivity index (χ1) is 16.8. The normalized spacial score (nSPS) is 15.7. The van der Waals surface area contributed by atoms with Gasteiger partial charge in [-0.15, -0.1) is 0 Å². The van der Waals surface area contributed by atoms with Crippen molar-refractivity contribution >= 4 is 0 Å². The maximum atomic E-state index is 2.69. The highest BCUT2D eigenvalue weighted by Crippen LogP contribution is 2.24. The molecule has 1 aliphatic heterocycles. The zero-order valence-electron chi connectivity index (χ0n) is 24.0. The lowest BCUT2D eigenvalue weighted by Crippen LogP contribution is -2.39. The lowest BCUT2D eigenvalue weighted by molar-refractivity contribution is 0.135. The van der Waals surface area contributed by atoms with E-state index in [-0.39, 0.29) is 0 Å². The lowest BCUT2D eigenvalue weighted by atomic mass is 10.1. The summed E-state index contributed by atoms with van der Waals surface area (Å²) in [6, 6.07) is 0. The highest BCUT2D eigenvalue weighted by atomic mass is 15.4. The zero-order chi connectivity index (χ0) is 24.5. The molecule has 1 unspecified atom stereocenters. The predicted molar refractivity (Wildman–Crippen MR) is 154 cm³/mol. The summed E-state index contributed by atoms with van der Waals surface area (Å²) in [4.78, 5) is 5.38. The fourth-order valence-corrected chi connectivity index (χ4v) is 5.48. The molecule has 0 fully saturated rings. The lowest BCUT2D eigenvalue weighted by Gasteiger charge is -2.33. The minimum atomic E-state index is 0.643. The second kappa shape index (κ2) is 24.1. The van der Waals surface area contributed by atoms with Gasteiger partial charge in [0.2, 0.25) is 0 Å². The van der Waals surface area contributed by atoms with Gasteiger partial charge in [0.25, 0.3) is 0 Å². The van der Waals surface area contributed by atoms with Gasteiger partial charge in [-0.05, 0) is 25.7 Å². The van der Waals surface area contributed by atoms with E-state index in [0.717, 1.165) is 0 Å². The van der Waals surface area contributed by atoms with E-state index in [9.17, 15) is 0 Å². The molecule has 0 N–H and O–H groups in total. The summed E-state index contributed by atoms with van der Waals surface area (Å²) in [6.45, 7) is 9.46. The van der Waals surface area contributed by atoms with Gasteiger partial charge in [-0.25, -0.2) is 0 Å². The van der Waals surface area contributed by atoms with Crippen molar-refractivity contribution in [2.75, 3.05) is 13.1 Å². The second-order valence-electron chi connectivity index (χ2n) is 11.1. The Hall–Kier alpha value is -0.660. The molecule has 1 aliphatic rings. The molecular weight excluding hydrogens is 412 g/mol. The van der Waals surface area contributed by atoms with E-state index >= 15 is 0 Å². The molecule has 0 aliphatic carbocycles. The van der Waals surface area contributed by atoms with Gasteiger partial charge >= 0.3 is 0 Å². The molecule has 0 spiro atoms.